The summed E-state index contributed by atoms with van der Waals surface area (Å²) in [6, 6.07) is 9.54. The molecule has 26 heavy (non-hydrogen) atoms. The number of piperazine rings is 1. The van der Waals surface area contributed by atoms with E-state index >= 15 is 0 Å². The van der Waals surface area contributed by atoms with Crippen LogP contribution >= 0.6 is 0 Å². The number of carboxylic acid groups (broad SMARTS) is 1. The summed E-state index contributed by atoms with van der Waals surface area (Å²) < 4.78 is 0. The molecule has 3 rings (SSSR count). The van der Waals surface area contributed by atoms with Gasteiger partial charge in [0.15, 0.2) is 0 Å². The van der Waals surface area contributed by atoms with Crippen molar-refractivity contribution in [3.63, 3.8) is 0 Å². The quantitative estimate of drug-likeness (QED) is 0.896. The summed E-state index contributed by atoms with van der Waals surface area (Å²) >= 11 is 0. The Morgan fingerprint density at radius 3 is 2.31 bits per heavy atom. The van der Waals surface area contributed by atoms with E-state index in [1.165, 1.54) is 5.56 Å². The van der Waals surface area contributed by atoms with Crippen molar-refractivity contribution in [1.29, 1.82) is 0 Å². The predicted molar refractivity (Wildman–Crippen MR) is 102 cm³/mol. The van der Waals surface area contributed by atoms with Crippen molar-refractivity contribution in [2.24, 2.45) is 0 Å². The molecule has 1 aliphatic rings. The first-order valence-electron chi connectivity index (χ1n) is 9.12. The fourth-order valence-electron chi connectivity index (χ4n) is 3.99. The zero-order valence-corrected chi connectivity index (χ0v) is 15.8. The molecular weight excluding hydrogens is 326 g/mol. The minimum atomic E-state index is -0.766. The number of benzene rings is 1. The molecule has 1 aliphatic heterocycles. The lowest BCUT2D eigenvalue weighted by Crippen LogP contribution is -2.49. The summed E-state index contributed by atoms with van der Waals surface area (Å²) in [5.74, 6) is -0.766. The monoisotopic (exact) mass is 353 g/mol. The fraction of sp³-hybridized carbons (Fsp3) is 0.429. The largest absolute Gasteiger partial charge is 0.480 e. The normalized spacial score (nSPS) is 17.2. The lowest BCUT2D eigenvalue weighted by atomic mass is 9.92. The SMILES string of the molecule is Cc1cc(C)c([C@H](C(=O)O)N2CCN(Cc3ccccn3)CC2)c(C)c1. The van der Waals surface area contributed by atoms with Crippen molar-refractivity contribution in [3.05, 3.63) is 64.5 Å². The third-order valence-electron chi connectivity index (χ3n) is 5.13. The van der Waals surface area contributed by atoms with E-state index in [9.17, 15) is 9.90 Å². The molecule has 138 valence electrons. The molecule has 0 radical (unpaired) electrons. The molecule has 1 fully saturated rings. The number of aromatic nitrogens is 1. The smallest absolute Gasteiger partial charge is 0.325 e. The molecule has 0 unspecified atom stereocenters. The average Bonchev–Trinajstić information content (AvgIpc) is 2.59. The molecule has 1 aromatic heterocycles. The van der Waals surface area contributed by atoms with Crippen molar-refractivity contribution in [2.45, 2.75) is 33.4 Å². The Bertz CT molecular complexity index is 745. The third kappa shape index (κ3) is 4.11. The van der Waals surface area contributed by atoms with E-state index in [0.717, 1.165) is 55.1 Å². The molecule has 1 N–H and O–H groups in total. The lowest BCUT2D eigenvalue weighted by molar-refractivity contribution is -0.144. The Hall–Kier alpha value is -2.24. The number of aryl methyl sites for hydroxylation is 3. The molecule has 1 saturated heterocycles. The summed E-state index contributed by atoms with van der Waals surface area (Å²) in [4.78, 5) is 20.9. The van der Waals surface area contributed by atoms with E-state index in [0.29, 0.717) is 0 Å². The van der Waals surface area contributed by atoms with Gasteiger partial charge in [-0.3, -0.25) is 19.6 Å². The Kier molecular flexibility index (Phi) is 5.69. The summed E-state index contributed by atoms with van der Waals surface area (Å²) in [5.41, 5.74) is 5.30. The summed E-state index contributed by atoms with van der Waals surface area (Å²) in [6.45, 7) is 10.1. The molecule has 0 spiro atoms. The minimum absolute atomic E-state index is 0.576. The number of carbonyl (C=O) groups is 1. The summed E-state index contributed by atoms with van der Waals surface area (Å²) in [6.07, 6.45) is 1.81. The van der Waals surface area contributed by atoms with E-state index in [2.05, 4.69) is 33.8 Å². The number of rotatable bonds is 5. The van der Waals surface area contributed by atoms with Crippen LogP contribution in [0.15, 0.2) is 36.5 Å². The molecule has 0 amide bonds. The molecule has 1 atom stereocenters. The predicted octanol–water partition coefficient (Wildman–Crippen LogP) is 2.95. The first-order chi connectivity index (χ1) is 12.5. The van der Waals surface area contributed by atoms with Crippen LogP contribution in [-0.2, 0) is 11.3 Å². The van der Waals surface area contributed by atoms with Gasteiger partial charge in [-0.2, -0.15) is 0 Å². The van der Waals surface area contributed by atoms with E-state index in [1.54, 1.807) is 0 Å². The molecule has 2 aromatic rings. The topological polar surface area (TPSA) is 56.7 Å². The Morgan fingerprint density at radius 2 is 1.77 bits per heavy atom. The number of carboxylic acids is 1. The van der Waals surface area contributed by atoms with E-state index in [1.807, 2.05) is 38.2 Å². The second-order valence-corrected chi connectivity index (χ2v) is 7.19. The van der Waals surface area contributed by atoms with Gasteiger partial charge in [-0.15, -0.1) is 0 Å². The first kappa shape index (κ1) is 18.5. The second kappa shape index (κ2) is 7.98. The summed E-state index contributed by atoms with van der Waals surface area (Å²) in [5, 5.41) is 9.93. The van der Waals surface area contributed by atoms with Gasteiger partial charge in [0.1, 0.15) is 6.04 Å². The maximum atomic E-state index is 12.1. The Balaban J connectivity index is 1.73. The Morgan fingerprint density at radius 1 is 1.12 bits per heavy atom. The van der Waals surface area contributed by atoms with Crippen molar-refractivity contribution in [3.8, 4) is 0 Å². The van der Waals surface area contributed by atoms with E-state index < -0.39 is 12.0 Å². The molecule has 1 aromatic carbocycles. The molecular formula is C21H27N3O2. The van der Waals surface area contributed by atoms with Crippen LogP contribution in [0, 0.1) is 20.8 Å². The van der Waals surface area contributed by atoms with Gasteiger partial charge in [-0.05, 0) is 49.6 Å². The highest BCUT2D eigenvalue weighted by Gasteiger charge is 2.32. The van der Waals surface area contributed by atoms with Crippen molar-refractivity contribution in [2.75, 3.05) is 26.2 Å². The van der Waals surface area contributed by atoms with E-state index in [4.69, 9.17) is 0 Å². The van der Waals surface area contributed by atoms with Crippen LogP contribution in [0.1, 0.15) is 34.0 Å². The third-order valence-corrected chi connectivity index (χ3v) is 5.13. The van der Waals surface area contributed by atoms with Gasteiger partial charge in [-0.25, -0.2) is 0 Å². The second-order valence-electron chi connectivity index (χ2n) is 7.19. The van der Waals surface area contributed by atoms with Gasteiger partial charge in [0, 0.05) is 38.9 Å². The van der Waals surface area contributed by atoms with Crippen LogP contribution in [0.2, 0.25) is 0 Å². The van der Waals surface area contributed by atoms with Gasteiger partial charge >= 0.3 is 5.97 Å². The zero-order valence-electron chi connectivity index (χ0n) is 15.8. The van der Waals surface area contributed by atoms with Crippen molar-refractivity contribution < 1.29 is 9.90 Å². The van der Waals surface area contributed by atoms with Crippen LogP contribution in [0.4, 0.5) is 0 Å². The van der Waals surface area contributed by atoms with Crippen LogP contribution < -0.4 is 0 Å². The number of nitrogens with zero attached hydrogens (tertiary/aromatic N) is 3. The van der Waals surface area contributed by atoms with Crippen LogP contribution in [-0.4, -0.2) is 52.0 Å². The van der Waals surface area contributed by atoms with Gasteiger partial charge in [-0.1, -0.05) is 23.8 Å². The van der Waals surface area contributed by atoms with Crippen molar-refractivity contribution in [1.82, 2.24) is 14.8 Å². The van der Waals surface area contributed by atoms with Gasteiger partial charge < -0.3 is 5.11 Å². The molecule has 0 saturated carbocycles. The van der Waals surface area contributed by atoms with Gasteiger partial charge in [0.25, 0.3) is 0 Å². The number of hydrogen-bond acceptors (Lipinski definition) is 4. The molecule has 5 nitrogen and oxygen atoms in total. The number of pyridine rings is 1. The van der Waals surface area contributed by atoms with E-state index in [-0.39, 0.29) is 0 Å². The maximum absolute atomic E-state index is 12.1. The molecule has 0 aliphatic carbocycles. The van der Waals surface area contributed by atoms with Crippen molar-refractivity contribution >= 4 is 5.97 Å². The lowest BCUT2D eigenvalue weighted by Gasteiger charge is -2.38. The maximum Gasteiger partial charge on any atom is 0.325 e. The standard InChI is InChI=1S/C21H27N3O2/c1-15-12-16(2)19(17(3)13-15)20(21(25)26)24-10-8-23(9-11-24)14-18-6-4-5-7-22-18/h4-7,12-13,20H,8-11,14H2,1-3H3,(H,25,26)/t20-/m1/s1. The highest BCUT2D eigenvalue weighted by molar-refractivity contribution is 5.77. The fourth-order valence-corrected chi connectivity index (χ4v) is 3.99. The molecule has 0 bridgehead atoms. The Labute approximate surface area is 155 Å². The van der Waals surface area contributed by atoms with Gasteiger partial charge in [0.2, 0.25) is 0 Å². The van der Waals surface area contributed by atoms with Crippen LogP contribution in [0.3, 0.4) is 0 Å². The first-order valence-corrected chi connectivity index (χ1v) is 9.12. The highest BCUT2D eigenvalue weighted by atomic mass is 16.4. The minimum Gasteiger partial charge on any atom is -0.480 e. The summed E-state index contributed by atoms with van der Waals surface area (Å²) in [7, 11) is 0. The molecule has 2 heterocycles. The average molecular weight is 353 g/mol. The molecule has 5 heteroatoms. The zero-order chi connectivity index (χ0) is 18.7. The highest BCUT2D eigenvalue weighted by Crippen LogP contribution is 2.29. The van der Waals surface area contributed by atoms with Gasteiger partial charge in [0.05, 0.1) is 5.69 Å². The number of aliphatic carboxylic acids is 1. The van der Waals surface area contributed by atoms with Crippen LogP contribution in [0.5, 0.6) is 0 Å². The number of hydrogen-bond donors (Lipinski definition) is 1. The van der Waals surface area contributed by atoms with Crippen LogP contribution in [0.25, 0.3) is 0 Å².